The summed E-state index contributed by atoms with van der Waals surface area (Å²) in [5.74, 6) is -1.53. The second-order valence-electron chi connectivity index (χ2n) is 6.21. The van der Waals surface area contributed by atoms with Gasteiger partial charge in [0.05, 0.1) is 5.39 Å². The number of fused-ring (bicyclic) bond motifs is 1. The number of nitrogens with zero attached hydrogens (tertiary/aromatic N) is 4. The Kier molecular flexibility index (Phi) is 5.06. The predicted molar refractivity (Wildman–Crippen MR) is 87.3 cm³/mol. The van der Waals surface area contributed by atoms with Gasteiger partial charge in [0.2, 0.25) is 5.91 Å². The van der Waals surface area contributed by atoms with E-state index < -0.39 is 11.9 Å². The molecular weight excluding hydrogens is 324 g/mol. The normalized spacial score (nSPS) is 15.4. The van der Waals surface area contributed by atoms with Crippen LogP contribution in [0.2, 0.25) is 0 Å². The van der Waals surface area contributed by atoms with E-state index >= 15 is 0 Å². The quantitative estimate of drug-likeness (QED) is 0.728. The van der Waals surface area contributed by atoms with Crippen molar-refractivity contribution >= 4 is 22.8 Å². The highest BCUT2D eigenvalue weighted by atomic mass is 16.4. The topological polar surface area (TPSA) is 108 Å². The number of benzene rings is 1. The van der Waals surface area contributed by atoms with Gasteiger partial charge in [-0.05, 0) is 31.4 Å². The minimum absolute atomic E-state index is 0.0291. The molecule has 1 fully saturated rings. The van der Waals surface area contributed by atoms with Crippen molar-refractivity contribution in [2.24, 2.45) is 5.92 Å². The standard InChI is InChI=1S/C17H20N4O4/c22-15(20-10-7-12(8-11-20)17(24)25)6-3-9-21-16(23)13-4-1-2-5-14(13)18-19-21/h1-2,4-5,12H,3,6-11H2,(H,24,25)/p-1. The molecule has 1 aliphatic rings. The Bertz CT molecular complexity index is 840. The largest absolute Gasteiger partial charge is 0.550 e. The van der Waals surface area contributed by atoms with Gasteiger partial charge in [0.15, 0.2) is 0 Å². The number of hydrogen-bond acceptors (Lipinski definition) is 6. The summed E-state index contributed by atoms with van der Waals surface area (Å²) in [4.78, 5) is 37.0. The molecule has 0 saturated carbocycles. The van der Waals surface area contributed by atoms with E-state index in [0.29, 0.717) is 49.8 Å². The van der Waals surface area contributed by atoms with Gasteiger partial charge >= 0.3 is 0 Å². The second kappa shape index (κ2) is 7.42. The first-order valence-electron chi connectivity index (χ1n) is 8.37. The third-order valence-electron chi connectivity index (χ3n) is 4.57. The first-order valence-corrected chi connectivity index (χ1v) is 8.37. The Morgan fingerprint density at radius 3 is 2.64 bits per heavy atom. The second-order valence-corrected chi connectivity index (χ2v) is 6.21. The molecule has 8 heteroatoms. The van der Waals surface area contributed by atoms with Gasteiger partial charge in [-0.3, -0.25) is 9.59 Å². The van der Waals surface area contributed by atoms with Crippen LogP contribution in [0.25, 0.3) is 10.9 Å². The van der Waals surface area contributed by atoms with Crippen LogP contribution in [-0.2, 0) is 16.1 Å². The molecule has 25 heavy (non-hydrogen) atoms. The van der Waals surface area contributed by atoms with Gasteiger partial charge in [0, 0.05) is 37.9 Å². The van der Waals surface area contributed by atoms with Gasteiger partial charge in [0.25, 0.3) is 5.56 Å². The van der Waals surface area contributed by atoms with E-state index in [4.69, 9.17) is 0 Å². The molecule has 1 aromatic heterocycles. The average molecular weight is 343 g/mol. The zero-order valence-electron chi connectivity index (χ0n) is 13.8. The molecule has 0 atom stereocenters. The molecule has 1 aliphatic heterocycles. The van der Waals surface area contributed by atoms with Crippen LogP contribution in [0.5, 0.6) is 0 Å². The molecule has 132 valence electrons. The van der Waals surface area contributed by atoms with Crippen molar-refractivity contribution in [2.45, 2.75) is 32.2 Å². The van der Waals surface area contributed by atoms with Crippen molar-refractivity contribution < 1.29 is 14.7 Å². The van der Waals surface area contributed by atoms with E-state index in [1.165, 1.54) is 4.68 Å². The Hall–Kier alpha value is -2.77. The van der Waals surface area contributed by atoms with Crippen LogP contribution in [0, 0.1) is 5.92 Å². The van der Waals surface area contributed by atoms with E-state index in [-0.39, 0.29) is 17.9 Å². The summed E-state index contributed by atoms with van der Waals surface area (Å²) in [5.41, 5.74) is 0.337. The number of amides is 1. The smallest absolute Gasteiger partial charge is 0.277 e. The number of rotatable bonds is 5. The fourth-order valence-electron chi connectivity index (χ4n) is 3.07. The lowest BCUT2D eigenvalue weighted by Crippen LogP contribution is -2.43. The van der Waals surface area contributed by atoms with Crippen LogP contribution in [0.3, 0.4) is 0 Å². The van der Waals surface area contributed by atoms with Crippen molar-refractivity contribution in [3.05, 3.63) is 34.6 Å². The SMILES string of the molecule is O=C([O-])C1CCN(C(=O)CCCn2nnc3ccccc3c2=O)CC1. The first-order chi connectivity index (χ1) is 12.1. The predicted octanol–water partition coefficient (Wildman–Crippen LogP) is -0.440. The molecule has 2 aromatic rings. The van der Waals surface area contributed by atoms with Crippen molar-refractivity contribution in [1.82, 2.24) is 19.9 Å². The molecule has 0 spiro atoms. The van der Waals surface area contributed by atoms with Crippen molar-refractivity contribution in [3.8, 4) is 0 Å². The number of piperidine rings is 1. The van der Waals surface area contributed by atoms with Gasteiger partial charge in [-0.1, -0.05) is 17.3 Å². The highest BCUT2D eigenvalue weighted by molar-refractivity contribution is 5.77. The lowest BCUT2D eigenvalue weighted by atomic mass is 9.97. The summed E-state index contributed by atoms with van der Waals surface area (Å²) >= 11 is 0. The zero-order chi connectivity index (χ0) is 17.8. The van der Waals surface area contributed by atoms with Crippen LogP contribution >= 0.6 is 0 Å². The molecule has 8 nitrogen and oxygen atoms in total. The first kappa shape index (κ1) is 17.1. The number of aromatic nitrogens is 3. The Balaban J connectivity index is 1.53. The minimum atomic E-state index is -1.04. The maximum atomic E-state index is 12.3. The number of likely N-dealkylation sites (tertiary alicyclic amines) is 1. The number of aliphatic carboxylic acids is 1. The number of hydrogen-bond donors (Lipinski definition) is 0. The summed E-state index contributed by atoms with van der Waals surface area (Å²) < 4.78 is 1.28. The fraction of sp³-hybridized carbons (Fsp3) is 0.471. The molecule has 0 aliphatic carbocycles. The summed E-state index contributed by atoms with van der Waals surface area (Å²) in [7, 11) is 0. The van der Waals surface area contributed by atoms with Crippen LogP contribution in [-0.4, -0.2) is 44.9 Å². The molecule has 1 saturated heterocycles. The maximum absolute atomic E-state index is 12.3. The summed E-state index contributed by atoms with van der Waals surface area (Å²) in [5, 5.41) is 19.2. The maximum Gasteiger partial charge on any atom is 0.277 e. The van der Waals surface area contributed by atoms with Gasteiger partial charge in [-0.2, -0.15) is 0 Å². The van der Waals surface area contributed by atoms with Gasteiger partial charge in [-0.15, -0.1) is 5.10 Å². The van der Waals surface area contributed by atoms with Crippen LogP contribution in [0.1, 0.15) is 25.7 Å². The third kappa shape index (κ3) is 3.84. The Morgan fingerprint density at radius 1 is 1.20 bits per heavy atom. The Labute approximate surface area is 144 Å². The average Bonchev–Trinajstić information content (AvgIpc) is 2.64. The molecule has 2 heterocycles. The summed E-state index contributed by atoms with van der Waals surface area (Å²) in [6.07, 6.45) is 1.64. The number of carbonyl (C=O) groups is 2. The Morgan fingerprint density at radius 2 is 1.92 bits per heavy atom. The molecule has 0 N–H and O–H groups in total. The van der Waals surface area contributed by atoms with Crippen molar-refractivity contribution in [1.29, 1.82) is 0 Å². The minimum Gasteiger partial charge on any atom is -0.550 e. The van der Waals surface area contributed by atoms with E-state index in [1.54, 1.807) is 29.2 Å². The van der Waals surface area contributed by atoms with Crippen molar-refractivity contribution in [2.75, 3.05) is 13.1 Å². The summed E-state index contributed by atoms with van der Waals surface area (Å²) in [6, 6.07) is 7.00. The molecule has 1 aromatic carbocycles. The van der Waals surface area contributed by atoms with Crippen LogP contribution < -0.4 is 10.7 Å². The highest BCUT2D eigenvalue weighted by Crippen LogP contribution is 2.17. The van der Waals surface area contributed by atoms with Gasteiger partial charge < -0.3 is 14.8 Å². The third-order valence-corrected chi connectivity index (χ3v) is 4.57. The lowest BCUT2D eigenvalue weighted by Gasteiger charge is -2.32. The number of aryl methyl sites for hydroxylation is 1. The van der Waals surface area contributed by atoms with Crippen LogP contribution in [0.4, 0.5) is 0 Å². The molecular formula is C17H19N4O4-. The van der Waals surface area contributed by atoms with E-state index in [2.05, 4.69) is 10.3 Å². The molecule has 0 radical (unpaired) electrons. The van der Waals surface area contributed by atoms with Crippen molar-refractivity contribution in [3.63, 3.8) is 0 Å². The summed E-state index contributed by atoms with van der Waals surface area (Å²) in [6.45, 7) is 1.19. The van der Waals surface area contributed by atoms with Gasteiger partial charge in [-0.25, -0.2) is 4.68 Å². The zero-order valence-corrected chi connectivity index (χ0v) is 13.8. The van der Waals surface area contributed by atoms with E-state index in [0.717, 1.165) is 0 Å². The fourth-order valence-corrected chi connectivity index (χ4v) is 3.07. The highest BCUT2D eigenvalue weighted by Gasteiger charge is 2.23. The van der Waals surface area contributed by atoms with Crippen LogP contribution in [0.15, 0.2) is 29.1 Å². The monoisotopic (exact) mass is 343 g/mol. The van der Waals surface area contributed by atoms with Gasteiger partial charge in [0.1, 0.15) is 5.52 Å². The van der Waals surface area contributed by atoms with E-state index in [1.807, 2.05) is 0 Å². The number of carbonyl (C=O) groups excluding carboxylic acids is 2. The molecule has 0 bridgehead atoms. The molecule has 1 amide bonds. The molecule has 0 unspecified atom stereocenters. The lowest BCUT2D eigenvalue weighted by molar-refractivity contribution is -0.312. The number of carboxylic acids is 1. The number of carboxylic acid groups (broad SMARTS) is 1. The van der Waals surface area contributed by atoms with E-state index in [9.17, 15) is 19.5 Å². The molecule has 3 rings (SSSR count).